The Hall–Kier alpha value is -0.640. The number of esters is 1. The lowest BCUT2D eigenvalue weighted by Crippen LogP contribution is -2.18. The molecule has 0 aliphatic carbocycles. The lowest BCUT2D eigenvalue weighted by Gasteiger charge is -2.23. The Bertz CT molecular complexity index is 539. The van der Waals surface area contributed by atoms with E-state index in [0.717, 1.165) is 12.8 Å². The third kappa shape index (κ3) is 8.14. The van der Waals surface area contributed by atoms with Gasteiger partial charge in [-0.25, -0.2) is 4.79 Å². The van der Waals surface area contributed by atoms with Crippen molar-refractivity contribution in [3.63, 3.8) is 0 Å². The van der Waals surface area contributed by atoms with Gasteiger partial charge >= 0.3 is 5.97 Å². The van der Waals surface area contributed by atoms with Crippen LogP contribution >= 0.6 is 34.8 Å². The van der Waals surface area contributed by atoms with Crippen molar-refractivity contribution in [2.75, 3.05) is 13.2 Å². The molecule has 0 amide bonds. The van der Waals surface area contributed by atoms with E-state index in [-0.39, 0.29) is 12.0 Å². The second-order valence-corrected chi connectivity index (χ2v) is 8.09. The quantitative estimate of drug-likeness (QED) is 0.427. The van der Waals surface area contributed by atoms with E-state index in [0.29, 0.717) is 33.3 Å². The number of carbonyl (C=O) groups excluding carboxylic acids is 1. The number of carbonyl (C=O) groups is 1. The highest BCUT2D eigenvalue weighted by Gasteiger charge is 2.16. The first-order valence-electron chi connectivity index (χ1n) is 7.51. The molecule has 23 heavy (non-hydrogen) atoms. The van der Waals surface area contributed by atoms with E-state index in [2.05, 4.69) is 27.7 Å². The Kier molecular flexibility index (Phi) is 7.99. The predicted molar refractivity (Wildman–Crippen MR) is 95.8 cm³/mol. The molecule has 130 valence electrons. The Morgan fingerprint density at radius 1 is 1.13 bits per heavy atom. The summed E-state index contributed by atoms with van der Waals surface area (Å²) in [5, 5.41) is 0.945. The minimum atomic E-state index is -0.435. The van der Waals surface area contributed by atoms with Crippen LogP contribution in [0.5, 0.6) is 5.75 Å². The molecule has 3 nitrogen and oxygen atoms in total. The lowest BCUT2D eigenvalue weighted by atomic mass is 9.84. The van der Waals surface area contributed by atoms with Crippen molar-refractivity contribution in [2.24, 2.45) is 11.3 Å². The van der Waals surface area contributed by atoms with Gasteiger partial charge in [0.2, 0.25) is 0 Å². The molecule has 1 aromatic carbocycles. The summed E-state index contributed by atoms with van der Waals surface area (Å²) < 4.78 is 10.5. The van der Waals surface area contributed by atoms with E-state index in [1.165, 1.54) is 12.1 Å². The first-order chi connectivity index (χ1) is 10.6. The first-order valence-corrected chi connectivity index (χ1v) is 8.65. The van der Waals surface area contributed by atoms with Crippen LogP contribution < -0.4 is 4.74 Å². The molecule has 0 saturated carbocycles. The summed E-state index contributed by atoms with van der Waals surface area (Å²) in [4.78, 5) is 11.7. The Balaban J connectivity index is 2.34. The molecular formula is C17H23Cl3O3. The van der Waals surface area contributed by atoms with E-state index >= 15 is 0 Å². The van der Waals surface area contributed by atoms with Crippen molar-refractivity contribution in [1.29, 1.82) is 0 Å². The smallest absolute Gasteiger partial charge is 0.344 e. The largest absolute Gasteiger partial charge is 0.480 e. The van der Waals surface area contributed by atoms with Crippen LogP contribution in [0.25, 0.3) is 0 Å². The van der Waals surface area contributed by atoms with Crippen molar-refractivity contribution < 1.29 is 14.3 Å². The zero-order valence-electron chi connectivity index (χ0n) is 13.9. The van der Waals surface area contributed by atoms with Gasteiger partial charge in [-0.2, -0.15) is 0 Å². The number of hydrogen-bond acceptors (Lipinski definition) is 3. The van der Waals surface area contributed by atoms with Crippen LogP contribution in [-0.2, 0) is 9.53 Å². The SMILES string of the molecule is CC(CCOC(=O)COc1cc(Cl)c(Cl)cc1Cl)CC(C)(C)C. The zero-order chi connectivity index (χ0) is 17.6. The van der Waals surface area contributed by atoms with Crippen LogP contribution in [0.1, 0.15) is 40.5 Å². The van der Waals surface area contributed by atoms with Gasteiger partial charge in [0, 0.05) is 6.07 Å². The van der Waals surface area contributed by atoms with E-state index < -0.39 is 5.97 Å². The highest BCUT2D eigenvalue weighted by Crippen LogP contribution is 2.33. The maximum Gasteiger partial charge on any atom is 0.344 e. The summed E-state index contributed by atoms with van der Waals surface area (Å²) in [6, 6.07) is 2.95. The standard InChI is InChI=1S/C17H23Cl3O3/c1-11(9-17(2,3)4)5-6-22-16(21)10-23-15-8-13(19)12(18)7-14(15)20/h7-8,11H,5-6,9-10H2,1-4H3. The van der Waals surface area contributed by atoms with Crippen LogP contribution in [0.3, 0.4) is 0 Å². The third-order valence-electron chi connectivity index (χ3n) is 3.15. The van der Waals surface area contributed by atoms with Gasteiger partial charge in [0.15, 0.2) is 6.61 Å². The summed E-state index contributed by atoms with van der Waals surface area (Å²) in [6.07, 6.45) is 1.91. The van der Waals surface area contributed by atoms with Crippen LogP contribution in [0, 0.1) is 11.3 Å². The molecule has 0 fully saturated rings. The second kappa shape index (κ2) is 9.00. The molecule has 0 aliphatic rings. The molecule has 0 aromatic heterocycles. The predicted octanol–water partition coefficient (Wildman–Crippen LogP) is 6.03. The van der Waals surface area contributed by atoms with Crippen molar-refractivity contribution >= 4 is 40.8 Å². The number of halogens is 3. The van der Waals surface area contributed by atoms with E-state index in [9.17, 15) is 4.79 Å². The Morgan fingerprint density at radius 3 is 2.35 bits per heavy atom. The fourth-order valence-electron chi connectivity index (χ4n) is 2.31. The van der Waals surface area contributed by atoms with E-state index in [1.54, 1.807) is 0 Å². The maximum atomic E-state index is 11.7. The number of ether oxygens (including phenoxy) is 2. The van der Waals surface area contributed by atoms with Crippen molar-refractivity contribution in [1.82, 2.24) is 0 Å². The van der Waals surface area contributed by atoms with Crippen LogP contribution in [0.4, 0.5) is 0 Å². The number of hydrogen-bond donors (Lipinski definition) is 0. The molecule has 0 bridgehead atoms. The molecule has 1 atom stereocenters. The van der Waals surface area contributed by atoms with Gasteiger partial charge in [0.25, 0.3) is 0 Å². The fourth-order valence-corrected chi connectivity index (χ4v) is 2.91. The zero-order valence-corrected chi connectivity index (χ0v) is 16.2. The van der Waals surface area contributed by atoms with Crippen LogP contribution in [0.2, 0.25) is 15.1 Å². The summed E-state index contributed by atoms with van der Waals surface area (Å²) in [6.45, 7) is 8.92. The molecule has 0 radical (unpaired) electrons. The molecule has 1 unspecified atom stereocenters. The molecule has 0 heterocycles. The minimum absolute atomic E-state index is 0.217. The van der Waals surface area contributed by atoms with Gasteiger partial charge in [-0.1, -0.05) is 62.5 Å². The normalized spacial score (nSPS) is 12.8. The van der Waals surface area contributed by atoms with Crippen LogP contribution in [-0.4, -0.2) is 19.2 Å². The third-order valence-corrected chi connectivity index (χ3v) is 4.17. The molecule has 1 aromatic rings. The highest BCUT2D eigenvalue weighted by molar-refractivity contribution is 6.43. The molecule has 1 rings (SSSR count). The molecule has 6 heteroatoms. The van der Waals surface area contributed by atoms with Crippen molar-refractivity contribution in [2.45, 2.75) is 40.5 Å². The molecule has 0 aliphatic heterocycles. The molecule has 0 saturated heterocycles. The summed E-state index contributed by atoms with van der Waals surface area (Å²) >= 11 is 17.7. The van der Waals surface area contributed by atoms with Crippen molar-refractivity contribution in [3.8, 4) is 5.75 Å². The number of benzene rings is 1. The average molecular weight is 382 g/mol. The highest BCUT2D eigenvalue weighted by atomic mass is 35.5. The average Bonchev–Trinajstić information content (AvgIpc) is 2.39. The Labute approximate surface area is 153 Å². The number of rotatable bonds is 7. The molecule has 0 spiro atoms. The maximum absolute atomic E-state index is 11.7. The van der Waals surface area contributed by atoms with Crippen LogP contribution in [0.15, 0.2) is 12.1 Å². The summed E-state index contributed by atoms with van der Waals surface area (Å²) in [7, 11) is 0. The molecular weight excluding hydrogens is 359 g/mol. The minimum Gasteiger partial charge on any atom is -0.480 e. The monoisotopic (exact) mass is 380 g/mol. The fraction of sp³-hybridized carbons (Fsp3) is 0.588. The lowest BCUT2D eigenvalue weighted by molar-refractivity contribution is -0.146. The van der Waals surface area contributed by atoms with Gasteiger partial charge in [0.1, 0.15) is 5.75 Å². The van der Waals surface area contributed by atoms with E-state index in [4.69, 9.17) is 44.3 Å². The van der Waals surface area contributed by atoms with Gasteiger partial charge in [-0.05, 0) is 30.2 Å². The van der Waals surface area contributed by atoms with Gasteiger partial charge in [-0.15, -0.1) is 0 Å². The van der Waals surface area contributed by atoms with Gasteiger partial charge in [-0.3, -0.25) is 0 Å². The first kappa shape index (κ1) is 20.4. The summed E-state index contributed by atoms with van der Waals surface area (Å²) in [5.41, 5.74) is 0.275. The van der Waals surface area contributed by atoms with Crippen molar-refractivity contribution in [3.05, 3.63) is 27.2 Å². The second-order valence-electron chi connectivity index (χ2n) is 6.86. The summed E-state index contributed by atoms with van der Waals surface area (Å²) in [5.74, 6) is 0.363. The Morgan fingerprint density at radius 2 is 1.74 bits per heavy atom. The van der Waals surface area contributed by atoms with Gasteiger partial charge in [0.05, 0.1) is 21.7 Å². The van der Waals surface area contributed by atoms with Gasteiger partial charge < -0.3 is 9.47 Å². The topological polar surface area (TPSA) is 35.5 Å². The van der Waals surface area contributed by atoms with E-state index in [1.807, 2.05) is 0 Å². The molecule has 0 N–H and O–H groups in total.